The molecule has 1 aromatic rings. The first-order valence-corrected chi connectivity index (χ1v) is 6.21. The lowest BCUT2D eigenvalue weighted by molar-refractivity contribution is 0.0257. The fraction of sp³-hybridized carbons (Fsp3) is 0.667. The number of hydrazine groups is 1. The van der Waals surface area contributed by atoms with Gasteiger partial charge in [-0.25, -0.2) is 10.4 Å². The van der Waals surface area contributed by atoms with Gasteiger partial charge in [-0.05, 0) is 13.3 Å². The summed E-state index contributed by atoms with van der Waals surface area (Å²) in [4.78, 5) is 8.43. The van der Waals surface area contributed by atoms with Crippen molar-refractivity contribution in [3.05, 3.63) is 18.1 Å². The van der Waals surface area contributed by atoms with Crippen LogP contribution in [-0.2, 0) is 4.74 Å². The molecule has 6 nitrogen and oxygen atoms in total. The molecule has 1 aromatic heterocycles. The molecule has 0 amide bonds. The van der Waals surface area contributed by atoms with Crippen molar-refractivity contribution in [2.75, 3.05) is 13.7 Å². The molecule has 0 spiro atoms. The van der Waals surface area contributed by atoms with Gasteiger partial charge in [0.15, 0.2) is 0 Å². The van der Waals surface area contributed by atoms with E-state index in [0.29, 0.717) is 18.2 Å². The molecule has 0 aliphatic carbocycles. The smallest absolute Gasteiger partial charge is 0.237 e. The third-order valence-electron chi connectivity index (χ3n) is 2.68. The summed E-state index contributed by atoms with van der Waals surface area (Å²) >= 11 is 0. The lowest BCUT2D eigenvalue weighted by atomic mass is 10.0. The molecule has 0 fully saturated rings. The average molecular weight is 254 g/mol. The monoisotopic (exact) mass is 254 g/mol. The molecule has 0 saturated carbocycles. The van der Waals surface area contributed by atoms with Gasteiger partial charge in [0.2, 0.25) is 5.88 Å². The number of ether oxygens (including phenoxy) is 2. The van der Waals surface area contributed by atoms with Crippen molar-refractivity contribution in [1.82, 2.24) is 15.4 Å². The molecule has 1 rings (SSSR count). The van der Waals surface area contributed by atoms with Crippen LogP contribution < -0.4 is 16.0 Å². The van der Waals surface area contributed by atoms with E-state index < -0.39 is 0 Å². The van der Waals surface area contributed by atoms with E-state index in [1.807, 2.05) is 6.92 Å². The van der Waals surface area contributed by atoms with Gasteiger partial charge in [0.1, 0.15) is 5.69 Å². The standard InChI is InChI=1S/C12H22N4O2/c1-4-6-9(18-5-2)10(16-13)11-12(17-3)15-8-7-14-11/h7-10,16H,4-6,13H2,1-3H3. The molecule has 2 unspecified atom stereocenters. The summed E-state index contributed by atoms with van der Waals surface area (Å²) in [7, 11) is 1.57. The number of rotatable bonds is 8. The molecular weight excluding hydrogens is 232 g/mol. The number of nitrogens with zero attached hydrogens (tertiary/aromatic N) is 2. The first-order chi connectivity index (χ1) is 8.78. The zero-order chi connectivity index (χ0) is 13.4. The Bertz CT molecular complexity index is 343. The molecule has 1 heterocycles. The first-order valence-electron chi connectivity index (χ1n) is 6.21. The van der Waals surface area contributed by atoms with Crippen LogP contribution in [0.3, 0.4) is 0 Å². The van der Waals surface area contributed by atoms with Crippen molar-refractivity contribution in [2.45, 2.75) is 38.8 Å². The van der Waals surface area contributed by atoms with E-state index in [4.69, 9.17) is 15.3 Å². The van der Waals surface area contributed by atoms with Gasteiger partial charge in [0.25, 0.3) is 0 Å². The van der Waals surface area contributed by atoms with Crippen LogP contribution in [0.5, 0.6) is 5.88 Å². The van der Waals surface area contributed by atoms with Crippen LogP contribution in [0.1, 0.15) is 38.4 Å². The van der Waals surface area contributed by atoms with Gasteiger partial charge in [-0.1, -0.05) is 13.3 Å². The van der Waals surface area contributed by atoms with Crippen molar-refractivity contribution in [1.29, 1.82) is 0 Å². The fourth-order valence-corrected chi connectivity index (χ4v) is 1.91. The molecule has 6 heteroatoms. The third-order valence-corrected chi connectivity index (χ3v) is 2.68. The Morgan fingerprint density at radius 2 is 2.06 bits per heavy atom. The lowest BCUT2D eigenvalue weighted by Crippen LogP contribution is -2.39. The highest BCUT2D eigenvalue weighted by atomic mass is 16.5. The summed E-state index contributed by atoms with van der Waals surface area (Å²) in [5.41, 5.74) is 3.43. The van der Waals surface area contributed by atoms with Crippen molar-refractivity contribution in [2.24, 2.45) is 5.84 Å². The highest BCUT2D eigenvalue weighted by Gasteiger charge is 2.26. The van der Waals surface area contributed by atoms with Gasteiger partial charge < -0.3 is 9.47 Å². The molecule has 0 radical (unpaired) electrons. The minimum Gasteiger partial charge on any atom is -0.480 e. The molecule has 0 bridgehead atoms. The summed E-state index contributed by atoms with van der Waals surface area (Å²) in [6, 6.07) is -0.228. The Morgan fingerprint density at radius 1 is 1.33 bits per heavy atom. The molecule has 102 valence electrons. The second-order valence-electron chi connectivity index (χ2n) is 3.88. The third kappa shape index (κ3) is 3.63. The van der Waals surface area contributed by atoms with Gasteiger partial charge in [-0.2, -0.15) is 0 Å². The van der Waals surface area contributed by atoms with Crippen molar-refractivity contribution >= 4 is 0 Å². The topological polar surface area (TPSA) is 82.3 Å². The van der Waals surface area contributed by atoms with Crippen LogP contribution in [-0.4, -0.2) is 29.8 Å². The second-order valence-corrected chi connectivity index (χ2v) is 3.88. The first kappa shape index (κ1) is 14.8. The highest BCUT2D eigenvalue weighted by Crippen LogP contribution is 2.26. The number of hydrogen-bond acceptors (Lipinski definition) is 6. The van der Waals surface area contributed by atoms with E-state index >= 15 is 0 Å². The maximum atomic E-state index is 5.72. The quantitative estimate of drug-likeness (QED) is 0.536. The average Bonchev–Trinajstić information content (AvgIpc) is 2.40. The molecule has 0 aromatic carbocycles. The SMILES string of the molecule is CCCC(OCC)C(NN)c1nccnc1OC. The molecule has 0 aliphatic heterocycles. The predicted molar refractivity (Wildman–Crippen MR) is 69.0 cm³/mol. The number of nitrogens with two attached hydrogens (primary N) is 1. The van der Waals surface area contributed by atoms with Crippen LogP contribution in [0.2, 0.25) is 0 Å². The fourth-order valence-electron chi connectivity index (χ4n) is 1.91. The van der Waals surface area contributed by atoms with Crippen molar-refractivity contribution in [3.8, 4) is 5.88 Å². The number of aromatic nitrogens is 2. The van der Waals surface area contributed by atoms with Gasteiger partial charge in [0, 0.05) is 19.0 Å². The van der Waals surface area contributed by atoms with Crippen LogP contribution in [0, 0.1) is 0 Å². The molecular formula is C12H22N4O2. The van der Waals surface area contributed by atoms with Gasteiger partial charge in [-0.3, -0.25) is 10.8 Å². The Labute approximate surface area is 108 Å². The van der Waals surface area contributed by atoms with Gasteiger partial charge in [-0.15, -0.1) is 0 Å². The zero-order valence-corrected chi connectivity index (χ0v) is 11.2. The molecule has 0 aliphatic rings. The predicted octanol–water partition coefficient (Wildman–Crippen LogP) is 1.19. The van der Waals surface area contributed by atoms with E-state index in [2.05, 4.69) is 22.3 Å². The molecule has 0 saturated heterocycles. The Balaban J connectivity index is 2.98. The Kier molecular flexibility index (Phi) is 6.56. The van der Waals surface area contributed by atoms with Crippen LogP contribution in [0.15, 0.2) is 12.4 Å². The highest BCUT2D eigenvalue weighted by molar-refractivity contribution is 5.22. The minimum absolute atomic E-state index is 0.0457. The van der Waals surface area contributed by atoms with Crippen molar-refractivity contribution in [3.63, 3.8) is 0 Å². The minimum atomic E-state index is -0.228. The van der Waals surface area contributed by atoms with Crippen LogP contribution in [0.4, 0.5) is 0 Å². The van der Waals surface area contributed by atoms with E-state index in [1.165, 1.54) is 0 Å². The molecule has 3 N–H and O–H groups in total. The van der Waals surface area contributed by atoms with Gasteiger partial charge >= 0.3 is 0 Å². The molecule has 2 atom stereocenters. The summed E-state index contributed by atoms with van der Waals surface area (Å²) in [5.74, 6) is 6.11. The van der Waals surface area contributed by atoms with Crippen molar-refractivity contribution < 1.29 is 9.47 Å². The number of nitrogens with one attached hydrogen (secondary N) is 1. The lowest BCUT2D eigenvalue weighted by Gasteiger charge is -2.26. The summed E-state index contributed by atoms with van der Waals surface area (Å²) < 4.78 is 10.9. The van der Waals surface area contributed by atoms with E-state index in [9.17, 15) is 0 Å². The normalized spacial score (nSPS) is 14.2. The molecule has 18 heavy (non-hydrogen) atoms. The summed E-state index contributed by atoms with van der Waals surface area (Å²) in [6.45, 7) is 4.70. The Morgan fingerprint density at radius 3 is 2.61 bits per heavy atom. The Hall–Kier alpha value is -1.24. The van der Waals surface area contributed by atoms with Crippen LogP contribution in [0.25, 0.3) is 0 Å². The maximum Gasteiger partial charge on any atom is 0.237 e. The second kappa shape index (κ2) is 7.97. The number of hydrogen-bond donors (Lipinski definition) is 2. The maximum absolute atomic E-state index is 5.72. The number of methoxy groups -OCH3 is 1. The van der Waals surface area contributed by atoms with E-state index in [1.54, 1.807) is 19.5 Å². The zero-order valence-electron chi connectivity index (χ0n) is 11.2. The van der Waals surface area contributed by atoms with E-state index in [-0.39, 0.29) is 12.1 Å². The summed E-state index contributed by atoms with van der Waals surface area (Å²) in [6.07, 6.45) is 5.06. The van der Waals surface area contributed by atoms with E-state index in [0.717, 1.165) is 12.8 Å². The summed E-state index contributed by atoms with van der Waals surface area (Å²) in [5, 5.41) is 0. The van der Waals surface area contributed by atoms with Crippen LogP contribution >= 0.6 is 0 Å². The van der Waals surface area contributed by atoms with Gasteiger partial charge in [0.05, 0.1) is 19.3 Å². The largest absolute Gasteiger partial charge is 0.480 e.